The van der Waals surface area contributed by atoms with Gasteiger partial charge >= 0.3 is 5.97 Å². The Balaban J connectivity index is 0.000001000. The normalized spacial score (nSPS) is 31.5. The van der Waals surface area contributed by atoms with Gasteiger partial charge in [-0.1, -0.05) is 0 Å². The molecule has 5 heteroatoms. The second-order valence-corrected chi connectivity index (χ2v) is 2.68. The van der Waals surface area contributed by atoms with Crippen molar-refractivity contribution < 1.29 is 14.3 Å². The summed E-state index contributed by atoms with van der Waals surface area (Å²) in [7, 11) is 1.72. The maximum atomic E-state index is 12.7. The highest BCUT2D eigenvalue weighted by molar-refractivity contribution is 5.85. The Labute approximate surface area is 70.6 Å². The van der Waals surface area contributed by atoms with Gasteiger partial charge in [0.25, 0.3) is 0 Å². The Kier molecular flexibility index (Phi) is 3.75. The summed E-state index contributed by atoms with van der Waals surface area (Å²) in [6.45, 7) is 0.577. The van der Waals surface area contributed by atoms with E-state index in [1.165, 1.54) is 0 Å². The van der Waals surface area contributed by atoms with Crippen LogP contribution < -0.4 is 0 Å². The Morgan fingerprint density at radius 2 is 2.18 bits per heavy atom. The molecule has 3 nitrogen and oxygen atoms in total. The monoisotopic (exact) mass is 183 g/mol. The molecule has 0 bridgehead atoms. The molecule has 0 aliphatic carbocycles. The Bertz CT molecular complexity index is 156. The van der Waals surface area contributed by atoms with Crippen molar-refractivity contribution in [2.24, 2.45) is 5.92 Å². The SMILES string of the molecule is CN1CC(F)C(C(=O)O)C1.Cl. The van der Waals surface area contributed by atoms with E-state index in [1.54, 1.807) is 11.9 Å². The fourth-order valence-corrected chi connectivity index (χ4v) is 1.18. The van der Waals surface area contributed by atoms with Crippen LogP contribution in [0.2, 0.25) is 0 Å². The summed E-state index contributed by atoms with van der Waals surface area (Å²) in [5.74, 6) is -1.85. The summed E-state index contributed by atoms with van der Waals surface area (Å²) in [5, 5.41) is 8.43. The van der Waals surface area contributed by atoms with Crippen molar-refractivity contribution in [3.8, 4) is 0 Å². The van der Waals surface area contributed by atoms with Gasteiger partial charge in [-0.15, -0.1) is 12.4 Å². The van der Waals surface area contributed by atoms with E-state index >= 15 is 0 Å². The third kappa shape index (κ3) is 2.31. The van der Waals surface area contributed by atoms with Crippen molar-refractivity contribution in [1.82, 2.24) is 4.90 Å². The molecule has 2 atom stereocenters. The fraction of sp³-hybridized carbons (Fsp3) is 0.833. The minimum absolute atomic E-state index is 0. The van der Waals surface area contributed by atoms with E-state index in [1.807, 2.05) is 0 Å². The standard InChI is InChI=1S/C6H10FNO2.ClH/c1-8-2-4(6(9)10)5(7)3-8;/h4-5H,2-3H2,1H3,(H,9,10);1H. The third-order valence-electron chi connectivity index (χ3n) is 1.75. The molecule has 0 radical (unpaired) electrons. The zero-order valence-corrected chi connectivity index (χ0v) is 6.97. The molecule has 66 valence electrons. The lowest BCUT2D eigenvalue weighted by atomic mass is 10.1. The van der Waals surface area contributed by atoms with Gasteiger partial charge in [0.05, 0.1) is 0 Å². The minimum Gasteiger partial charge on any atom is -0.481 e. The number of carbonyl (C=O) groups is 1. The largest absolute Gasteiger partial charge is 0.481 e. The number of carboxylic acids is 1. The van der Waals surface area contributed by atoms with Crippen LogP contribution in [-0.2, 0) is 4.79 Å². The first-order valence-corrected chi connectivity index (χ1v) is 3.16. The van der Waals surface area contributed by atoms with Gasteiger partial charge in [0, 0.05) is 13.1 Å². The molecule has 0 amide bonds. The van der Waals surface area contributed by atoms with Gasteiger partial charge in [0.2, 0.25) is 0 Å². The van der Waals surface area contributed by atoms with E-state index in [0.29, 0.717) is 6.54 Å². The predicted molar refractivity (Wildman–Crippen MR) is 40.8 cm³/mol. The maximum absolute atomic E-state index is 12.7. The summed E-state index contributed by atoms with van der Waals surface area (Å²) < 4.78 is 12.7. The Hall–Kier alpha value is -0.350. The first-order valence-electron chi connectivity index (χ1n) is 3.16. The predicted octanol–water partition coefficient (Wildman–Crippen LogP) is 0.393. The molecule has 0 aromatic rings. The van der Waals surface area contributed by atoms with Gasteiger partial charge in [-0.2, -0.15) is 0 Å². The lowest BCUT2D eigenvalue weighted by Gasteiger charge is -2.03. The molecule has 1 saturated heterocycles. The number of alkyl halides is 1. The van der Waals surface area contributed by atoms with E-state index in [-0.39, 0.29) is 19.0 Å². The number of aliphatic carboxylic acids is 1. The molecule has 0 saturated carbocycles. The van der Waals surface area contributed by atoms with Gasteiger partial charge < -0.3 is 10.0 Å². The molecule has 1 aliphatic rings. The fourth-order valence-electron chi connectivity index (χ4n) is 1.18. The van der Waals surface area contributed by atoms with Crippen molar-refractivity contribution >= 4 is 18.4 Å². The van der Waals surface area contributed by atoms with Crippen molar-refractivity contribution in [3.63, 3.8) is 0 Å². The number of carboxylic acid groups (broad SMARTS) is 1. The van der Waals surface area contributed by atoms with Crippen molar-refractivity contribution in [1.29, 1.82) is 0 Å². The minimum atomic E-state index is -1.19. The zero-order valence-electron chi connectivity index (χ0n) is 6.16. The highest BCUT2D eigenvalue weighted by Gasteiger charge is 2.35. The molecule has 1 rings (SSSR count). The van der Waals surface area contributed by atoms with Crippen LogP contribution in [0.1, 0.15) is 0 Å². The highest BCUT2D eigenvalue weighted by Crippen LogP contribution is 2.18. The molecule has 1 N–H and O–H groups in total. The number of halogens is 2. The van der Waals surface area contributed by atoms with Crippen molar-refractivity contribution in [2.75, 3.05) is 20.1 Å². The van der Waals surface area contributed by atoms with Crippen molar-refractivity contribution in [2.45, 2.75) is 6.17 Å². The van der Waals surface area contributed by atoms with Crippen LogP contribution in [-0.4, -0.2) is 42.3 Å². The number of nitrogens with zero attached hydrogens (tertiary/aromatic N) is 1. The Morgan fingerprint density at radius 3 is 2.36 bits per heavy atom. The van der Waals surface area contributed by atoms with Crippen LogP contribution >= 0.6 is 12.4 Å². The van der Waals surface area contributed by atoms with Gasteiger partial charge in [0.15, 0.2) is 0 Å². The second kappa shape index (κ2) is 3.88. The average Bonchev–Trinajstić information content (AvgIpc) is 2.10. The van der Waals surface area contributed by atoms with E-state index in [2.05, 4.69) is 0 Å². The summed E-state index contributed by atoms with van der Waals surface area (Å²) in [6, 6.07) is 0. The molecular weight excluding hydrogens is 173 g/mol. The highest BCUT2D eigenvalue weighted by atomic mass is 35.5. The van der Waals surface area contributed by atoms with Crippen LogP contribution in [0.5, 0.6) is 0 Å². The van der Waals surface area contributed by atoms with Crippen molar-refractivity contribution in [3.05, 3.63) is 0 Å². The summed E-state index contributed by atoms with van der Waals surface area (Å²) in [6.07, 6.45) is -1.19. The Morgan fingerprint density at radius 1 is 1.64 bits per heavy atom. The first kappa shape index (κ1) is 10.7. The number of hydrogen-bond donors (Lipinski definition) is 1. The van der Waals surface area contributed by atoms with E-state index in [9.17, 15) is 9.18 Å². The van der Waals surface area contributed by atoms with Gasteiger partial charge in [-0.05, 0) is 7.05 Å². The van der Waals surface area contributed by atoms with E-state index in [0.717, 1.165) is 0 Å². The summed E-state index contributed by atoms with van der Waals surface area (Å²) in [4.78, 5) is 12.0. The van der Waals surface area contributed by atoms with Crippen LogP contribution in [0.15, 0.2) is 0 Å². The van der Waals surface area contributed by atoms with Crippen LogP contribution in [0.3, 0.4) is 0 Å². The molecular formula is C6H11ClFNO2. The first-order chi connectivity index (χ1) is 4.61. The molecule has 0 spiro atoms. The number of hydrogen-bond acceptors (Lipinski definition) is 2. The zero-order chi connectivity index (χ0) is 7.72. The molecule has 1 aliphatic heterocycles. The average molecular weight is 184 g/mol. The lowest BCUT2D eigenvalue weighted by Crippen LogP contribution is -2.22. The summed E-state index contributed by atoms with van der Waals surface area (Å²) >= 11 is 0. The lowest BCUT2D eigenvalue weighted by molar-refractivity contribution is -0.142. The molecule has 11 heavy (non-hydrogen) atoms. The molecule has 0 aromatic carbocycles. The van der Waals surface area contributed by atoms with Gasteiger partial charge in [0.1, 0.15) is 12.1 Å². The van der Waals surface area contributed by atoms with E-state index < -0.39 is 18.1 Å². The molecule has 1 heterocycles. The quantitative estimate of drug-likeness (QED) is 0.640. The summed E-state index contributed by atoms with van der Waals surface area (Å²) in [5.41, 5.74) is 0. The van der Waals surface area contributed by atoms with Crippen LogP contribution in [0, 0.1) is 5.92 Å². The molecule has 1 fully saturated rings. The van der Waals surface area contributed by atoms with E-state index in [4.69, 9.17) is 5.11 Å². The topological polar surface area (TPSA) is 40.5 Å². The van der Waals surface area contributed by atoms with Gasteiger partial charge in [-0.3, -0.25) is 4.79 Å². The maximum Gasteiger partial charge on any atom is 0.310 e. The molecule has 2 unspecified atom stereocenters. The van der Waals surface area contributed by atoms with Gasteiger partial charge in [-0.25, -0.2) is 4.39 Å². The molecule has 0 aromatic heterocycles. The van der Waals surface area contributed by atoms with Crippen LogP contribution in [0.4, 0.5) is 4.39 Å². The number of rotatable bonds is 1. The second-order valence-electron chi connectivity index (χ2n) is 2.68. The number of likely N-dealkylation sites (tertiary alicyclic amines) is 1. The third-order valence-corrected chi connectivity index (χ3v) is 1.75. The smallest absolute Gasteiger partial charge is 0.310 e. The van der Waals surface area contributed by atoms with Crippen LogP contribution in [0.25, 0.3) is 0 Å².